The molecule has 0 amide bonds. The molecule has 0 radical (unpaired) electrons. The fraction of sp³-hybridized carbons (Fsp3) is 0.579. The van der Waals surface area contributed by atoms with Crippen LogP contribution in [0, 0.1) is 0 Å². The fourth-order valence-electron chi connectivity index (χ4n) is 2.89. The summed E-state index contributed by atoms with van der Waals surface area (Å²) in [5, 5.41) is 10.9. The highest BCUT2D eigenvalue weighted by Gasteiger charge is 2.14. The largest absolute Gasteiger partial charge is 0.379 e. The number of fused-ring (bicyclic) bond motifs is 1. The van der Waals surface area contributed by atoms with Crippen molar-refractivity contribution in [3.8, 4) is 0 Å². The molecule has 7 nitrogen and oxygen atoms in total. The SMILES string of the molecule is CN=C(NCCCOCC1CCCO1)NCCNc1nc2ccccc2s1.I. The molecule has 2 heterocycles. The number of halogens is 1. The van der Waals surface area contributed by atoms with Crippen molar-refractivity contribution in [2.24, 2.45) is 4.99 Å². The Morgan fingerprint density at radius 2 is 2.14 bits per heavy atom. The Hall–Kier alpha value is -1.17. The normalized spacial score (nSPS) is 16.8. The van der Waals surface area contributed by atoms with Crippen molar-refractivity contribution in [2.75, 3.05) is 51.8 Å². The van der Waals surface area contributed by atoms with E-state index in [1.54, 1.807) is 18.4 Å². The number of nitrogens with zero attached hydrogens (tertiary/aromatic N) is 2. The molecule has 2 aromatic rings. The van der Waals surface area contributed by atoms with Crippen molar-refractivity contribution in [1.82, 2.24) is 15.6 Å². The first-order chi connectivity index (χ1) is 13.3. The maximum absolute atomic E-state index is 5.66. The van der Waals surface area contributed by atoms with E-state index in [4.69, 9.17) is 9.47 Å². The van der Waals surface area contributed by atoms with Gasteiger partial charge in [-0.25, -0.2) is 4.98 Å². The lowest BCUT2D eigenvalue weighted by atomic mass is 10.2. The summed E-state index contributed by atoms with van der Waals surface area (Å²) in [5.74, 6) is 0.806. The van der Waals surface area contributed by atoms with E-state index >= 15 is 0 Å². The zero-order valence-electron chi connectivity index (χ0n) is 16.3. The number of hydrogen-bond acceptors (Lipinski definition) is 6. The zero-order chi connectivity index (χ0) is 18.7. The predicted octanol–water partition coefficient (Wildman–Crippen LogP) is 3.08. The minimum Gasteiger partial charge on any atom is -0.379 e. The van der Waals surface area contributed by atoms with Gasteiger partial charge in [-0.1, -0.05) is 23.5 Å². The Morgan fingerprint density at radius 3 is 2.93 bits per heavy atom. The van der Waals surface area contributed by atoms with Crippen LogP contribution < -0.4 is 16.0 Å². The molecule has 3 N–H and O–H groups in total. The van der Waals surface area contributed by atoms with Crippen LogP contribution in [0.1, 0.15) is 19.3 Å². The Labute approximate surface area is 187 Å². The molecule has 0 saturated carbocycles. The van der Waals surface area contributed by atoms with Gasteiger partial charge in [0, 0.05) is 39.9 Å². The molecule has 1 aliphatic rings. The van der Waals surface area contributed by atoms with Gasteiger partial charge in [-0.05, 0) is 31.4 Å². The molecule has 28 heavy (non-hydrogen) atoms. The molecule has 3 rings (SSSR count). The van der Waals surface area contributed by atoms with Gasteiger partial charge in [-0.2, -0.15) is 0 Å². The van der Waals surface area contributed by atoms with Crippen LogP contribution in [0.2, 0.25) is 0 Å². The van der Waals surface area contributed by atoms with Crippen LogP contribution in [0.3, 0.4) is 0 Å². The summed E-state index contributed by atoms with van der Waals surface area (Å²) in [6.45, 7) is 4.71. The van der Waals surface area contributed by atoms with Crippen LogP contribution >= 0.6 is 35.3 Å². The summed E-state index contributed by atoms with van der Waals surface area (Å²) in [6, 6.07) is 8.17. The summed E-state index contributed by atoms with van der Waals surface area (Å²) in [6.07, 6.45) is 3.53. The minimum absolute atomic E-state index is 0. The first-order valence-electron chi connectivity index (χ1n) is 9.58. The number of nitrogens with one attached hydrogen (secondary N) is 3. The maximum Gasteiger partial charge on any atom is 0.191 e. The van der Waals surface area contributed by atoms with Crippen LogP contribution in [-0.4, -0.2) is 63.6 Å². The van der Waals surface area contributed by atoms with E-state index in [0.717, 1.165) is 68.7 Å². The van der Waals surface area contributed by atoms with E-state index in [0.29, 0.717) is 12.7 Å². The molecular formula is C19H30IN5O2S. The van der Waals surface area contributed by atoms with Gasteiger partial charge in [0.05, 0.1) is 22.9 Å². The number of ether oxygens (including phenoxy) is 2. The van der Waals surface area contributed by atoms with E-state index < -0.39 is 0 Å². The van der Waals surface area contributed by atoms with Gasteiger partial charge in [0.25, 0.3) is 0 Å². The second kappa shape index (κ2) is 13.1. The molecule has 1 saturated heterocycles. The molecule has 1 unspecified atom stereocenters. The van der Waals surface area contributed by atoms with E-state index in [9.17, 15) is 0 Å². The van der Waals surface area contributed by atoms with Gasteiger partial charge in [0.15, 0.2) is 11.1 Å². The molecule has 1 aromatic heterocycles. The number of hydrogen-bond donors (Lipinski definition) is 3. The molecule has 1 aliphatic heterocycles. The van der Waals surface area contributed by atoms with Crippen LogP contribution in [0.4, 0.5) is 5.13 Å². The summed E-state index contributed by atoms with van der Waals surface area (Å²) in [4.78, 5) is 8.81. The molecule has 1 atom stereocenters. The molecule has 9 heteroatoms. The van der Waals surface area contributed by atoms with Crippen LogP contribution in [0.25, 0.3) is 10.2 Å². The van der Waals surface area contributed by atoms with Crippen LogP contribution in [-0.2, 0) is 9.47 Å². The number of anilines is 1. The second-order valence-electron chi connectivity index (χ2n) is 6.40. The summed E-state index contributed by atoms with van der Waals surface area (Å²) >= 11 is 1.67. The minimum atomic E-state index is 0. The van der Waals surface area contributed by atoms with Crippen molar-refractivity contribution >= 4 is 56.6 Å². The van der Waals surface area contributed by atoms with E-state index in [2.05, 4.69) is 32.0 Å². The fourth-order valence-corrected chi connectivity index (χ4v) is 3.78. The first kappa shape index (κ1) is 23.1. The molecule has 0 aliphatic carbocycles. The second-order valence-corrected chi connectivity index (χ2v) is 7.43. The van der Waals surface area contributed by atoms with Crippen molar-refractivity contribution < 1.29 is 9.47 Å². The molecule has 1 fully saturated rings. The van der Waals surface area contributed by atoms with E-state index in [1.165, 1.54) is 4.70 Å². The number of rotatable bonds is 10. The standard InChI is InChI=1S/C19H29N5O2S.HI/c1-20-18(21-9-5-12-25-14-15-6-4-13-26-15)22-10-11-23-19-24-16-7-2-3-8-17(16)27-19;/h2-3,7-8,15H,4-6,9-14H2,1H3,(H,23,24)(H2,20,21,22);1H. The highest BCUT2D eigenvalue weighted by atomic mass is 127. The topological polar surface area (TPSA) is 79.8 Å². The number of aromatic nitrogens is 1. The van der Waals surface area contributed by atoms with Crippen molar-refractivity contribution in [3.63, 3.8) is 0 Å². The van der Waals surface area contributed by atoms with Gasteiger partial charge in [0.1, 0.15) is 0 Å². The molecule has 0 spiro atoms. The Bertz CT molecular complexity index is 688. The molecular weight excluding hydrogens is 489 g/mol. The Balaban J connectivity index is 0.00000280. The van der Waals surface area contributed by atoms with Gasteiger partial charge < -0.3 is 25.4 Å². The lowest BCUT2D eigenvalue weighted by Gasteiger charge is -2.13. The Kier molecular flexibility index (Phi) is 10.8. The van der Waals surface area contributed by atoms with Gasteiger partial charge in [-0.3, -0.25) is 4.99 Å². The first-order valence-corrected chi connectivity index (χ1v) is 10.4. The molecule has 1 aromatic carbocycles. The lowest BCUT2D eigenvalue weighted by molar-refractivity contribution is 0.0168. The summed E-state index contributed by atoms with van der Waals surface area (Å²) in [7, 11) is 1.78. The summed E-state index contributed by atoms with van der Waals surface area (Å²) < 4.78 is 12.4. The average Bonchev–Trinajstić information content (AvgIpc) is 3.35. The monoisotopic (exact) mass is 519 g/mol. The van der Waals surface area contributed by atoms with E-state index in [-0.39, 0.29) is 24.0 Å². The van der Waals surface area contributed by atoms with Crippen molar-refractivity contribution in [2.45, 2.75) is 25.4 Å². The van der Waals surface area contributed by atoms with Gasteiger partial charge in [0.2, 0.25) is 0 Å². The van der Waals surface area contributed by atoms with Crippen molar-refractivity contribution in [3.05, 3.63) is 24.3 Å². The number of thiazole rings is 1. The predicted molar refractivity (Wildman–Crippen MR) is 127 cm³/mol. The number of guanidine groups is 1. The van der Waals surface area contributed by atoms with Crippen LogP contribution in [0.5, 0.6) is 0 Å². The smallest absolute Gasteiger partial charge is 0.191 e. The van der Waals surface area contributed by atoms with E-state index in [1.807, 2.05) is 18.2 Å². The van der Waals surface area contributed by atoms with Crippen molar-refractivity contribution in [1.29, 1.82) is 0 Å². The van der Waals surface area contributed by atoms with Crippen LogP contribution in [0.15, 0.2) is 29.3 Å². The molecule has 156 valence electrons. The Morgan fingerprint density at radius 1 is 1.29 bits per heavy atom. The third-order valence-electron chi connectivity index (χ3n) is 4.30. The van der Waals surface area contributed by atoms with Gasteiger partial charge >= 0.3 is 0 Å². The summed E-state index contributed by atoms with van der Waals surface area (Å²) in [5.41, 5.74) is 1.04. The lowest BCUT2D eigenvalue weighted by Crippen LogP contribution is -2.40. The third kappa shape index (κ3) is 7.69. The maximum atomic E-state index is 5.66. The number of para-hydroxylation sites is 1. The quantitative estimate of drug-likeness (QED) is 0.194. The number of benzene rings is 1. The molecule has 0 bridgehead atoms. The average molecular weight is 519 g/mol. The number of aliphatic imine (C=N–C) groups is 1. The highest BCUT2D eigenvalue weighted by molar-refractivity contribution is 14.0. The van der Waals surface area contributed by atoms with Gasteiger partial charge in [-0.15, -0.1) is 24.0 Å². The highest BCUT2D eigenvalue weighted by Crippen LogP contribution is 2.24. The third-order valence-corrected chi connectivity index (χ3v) is 5.29. The zero-order valence-corrected chi connectivity index (χ0v) is 19.4.